The van der Waals surface area contributed by atoms with Crippen LogP contribution in [-0.2, 0) is 52.7 Å². The predicted molar refractivity (Wildman–Crippen MR) is 328 cm³/mol. The van der Waals surface area contributed by atoms with E-state index in [1.54, 1.807) is 75.3 Å². The van der Waals surface area contributed by atoms with Crippen molar-refractivity contribution in [3.63, 3.8) is 0 Å². The van der Waals surface area contributed by atoms with E-state index in [0.29, 0.717) is 6.42 Å². The van der Waals surface area contributed by atoms with E-state index in [-0.39, 0.29) is 50.0 Å². The van der Waals surface area contributed by atoms with E-state index in [2.05, 4.69) is 21.3 Å². The van der Waals surface area contributed by atoms with Gasteiger partial charge in [0, 0.05) is 48.8 Å². The van der Waals surface area contributed by atoms with Gasteiger partial charge in [0.1, 0.15) is 60.4 Å². The third kappa shape index (κ3) is 21.1. The van der Waals surface area contributed by atoms with Crippen molar-refractivity contribution in [3.8, 4) is 0 Å². The van der Waals surface area contributed by atoms with Gasteiger partial charge in [0.05, 0.1) is 12.6 Å². The molecule has 85 heavy (non-hydrogen) atoms. The van der Waals surface area contributed by atoms with Gasteiger partial charge in [-0.3, -0.25) is 52.7 Å². The van der Waals surface area contributed by atoms with Crippen LogP contribution in [-0.4, -0.2) is 226 Å². The predicted octanol–water partition coefficient (Wildman–Crippen LogP) is 3.27. The number of carbonyl (C=O) groups is 11. The number of nitrogens with zero attached hydrogens (tertiary/aromatic N) is 7. The molecule has 1 saturated heterocycles. The van der Waals surface area contributed by atoms with Gasteiger partial charge >= 0.3 is 0 Å². The lowest BCUT2D eigenvalue weighted by atomic mass is 9.91. The number of carbonyl (C=O) groups excluding carboxylic acids is 11. The average Bonchev–Trinajstić information content (AvgIpc) is 3.48. The highest BCUT2D eigenvalue weighted by Crippen LogP contribution is 2.26. The lowest BCUT2D eigenvalue weighted by Gasteiger charge is -2.43. The largest absolute Gasteiger partial charge is 0.390 e. The summed E-state index contributed by atoms with van der Waals surface area (Å²) in [4.78, 5) is 169. The second-order valence-corrected chi connectivity index (χ2v) is 25.8. The van der Waals surface area contributed by atoms with Gasteiger partial charge in [0.2, 0.25) is 65.0 Å². The van der Waals surface area contributed by atoms with Gasteiger partial charge in [-0.1, -0.05) is 109 Å². The number of hydrogen-bond acceptors (Lipinski definition) is 12. The molecule has 1 heterocycles. The molecule has 23 heteroatoms. The standard InChI is InChI=1S/C62H111N11O12/c1-25-28-29-40(16)52(75)51-56(79)65-43(26-2)58(81)67(19)33-47(74)68(20)44(30-34(4)5)55(78)66-48(37(10)11)60(83)69(21)45(31-35(6)7)54(77)63-41(17)53(76)64-42(18)57(80)70(22)46(32-36(8)9)59(82)73(27-3)50(39(14)15)62(85)71(23)49(38(12)13)61(84)72(51)24/h25,28,34-46,48-52,75H,26-27,29-33H2,1-24H3,(H,63,77)(H,64,76)(H,65,79)(H,66,78)/b28-25+/t40-,41+,42-,43+,44+,45+,46+,48+,49+,50+,51+,52-/m1/s1. The lowest BCUT2D eigenvalue weighted by Crippen LogP contribution is -2.64. The van der Waals surface area contributed by atoms with Crippen LogP contribution < -0.4 is 21.3 Å². The number of rotatable bonds is 15. The number of allylic oxidation sites excluding steroid dienone is 2. The fraction of sp³-hybridized carbons (Fsp3) is 0.790. The first-order valence-electron chi connectivity index (χ1n) is 30.7. The first-order chi connectivity index (χ1) is 39.3. The van der Waals surface area contributed by atoms with E-state index in [9.17, 15) is 43.5 Å². The zero-order chi connectivity index (χ0) is 66.0. The Labute approximate surface area is 508 Å². The molecular weight excluding hydrogens is 1090 g/mol. The maximum Gasteiger partial charge on any atom is 0.246 e. The third-order valence-electron chi connectivity index (χ3n) is 16.1. The molecule has 1 aliphatic heterocycles. The summed E-state index contributed by atoms with van der Waals surface area (Å²) in [5.41, 5.74) is 0. The molecule has 1 fully saturated rings. The van der Waals surface area contributed by atoms with Crippen molar-refractivity contribution in [2.24, 2.45) is 41.4 Å². The zero-order valence-electron chi connectivity index (χ0n) is 56.1. The van der Waals surface area contributed by atoms with E-state index in [1.807, 2.05) is 47.6 Å². The van der Waals surface area contributed by atoms with Crippen LogP contribution in [0.1, 0.15) is 157 Å². The number of hydrogen-bond donors (Lipinski definition) is 5. The number of nitrogens with one attached hydrogen (secondary N) is 4. The van der Waals surface area contributed by atoms with Gasteiger partial charge in [0.15, 0.2) is 0 Å². The molecule has 12 atom stereocenters. The Morgan fingerprint density at radius 2 is 0.929 bits per heavy atom. The Kier molecular flexibility index (Phi) is 31.5. The van der Waals surface area contributed by atoms with Crippen LogP contribution in [0, 0.1) is 41.4 Å². The lowest BCUT2D eigenvalue weighted by molar-refractivity contribution is -0.159. The summed E-state index contributed by atoms with van der Waals surface area (Å²) in [6.07, 6.45) is 2.90. The molecule has 0 unspecified atom stereocenters. The topological polar surface area (TPSA) is 279 Å². The van der Waals surface area contributed by atoms with E-state index < -0.39 is 162 Å². The van der Waals surface area contributed by atoms with Crippen molar-refractivity contribution in [2.45, 2.75) is 223 Å². The Bertz CT molecular complexity index is 2330. The molecule has 0 aromatic carbocycles. The first kappa shape index (κ1) is 76.9. The molecule has 5 N–H and O–H groups in total. The molecule has 0 saturated carbocycles. The summed E-state index contributed by atoms with van der Waals surface area (Å²) in [6.45, 7) is 30.8. The Balaban J connectivity index is 4.34. The van der Waals surface area contributed by atoms with Gasteiger partial charge < -0.3 is 60.7 Å². The van der Waals surface area contributed by atoms with Crippen molar-refractivity contribution < 1.29 is 57.8 Å². The van der Waals surface area contributed by atoms with Gasteiger partial charge in [-0.25, -0.2) is 0 Å². The molecule has 0 aliphatic carbocycles. The van der Waals surface area contributed by atoms with Crippen LogP contribution in [0.3, 0.4) is 0 Å². The summed E-state index contributed by atoms with van der Waals surface area (Å²) in [5.74, 6) is -10.1. The number of likely N-dealkylation sites (N-methyl/N-ethyl adjacent to an activating group) is 7. The molecule has 0 aromatic heterocycles. The smallest absolute Gasteiger partial charge is 0.246 e. The van der Waals surface area contributed by atoms with Crippen molar-refractivity contribution in [1.82, 2.24) is 55.6 Å². The highest BCUT2D eigenvalue weighted by Gasteiger charge is 2.46. The molecule has 11 amide bonds. The van der Waals surface area contributed by atoms with E-state index in [0.717, 1.165) is 9.80 Å². The first-order valence-corrected chi connectivity index (χ1v) is 30.7. The van der Waals surface area contributed by atoms with Crippen LogP contribution >= 0.6 is 0 Å². The number of amides is 11. The highest BCUT2D eigenvalue weighted by molar-refractivity contribution is 5.99. The van der Waals surface area contributed by atoms with Crippen molar-refractivity contribution in [1.29, 1.82) is 0 Å². The van der Waals surface area contributed by atoms with E-state index in [4.69, 9.17) is 0 Å². The molecule has 0 bridgehead atoms. The second-order valence-electron chi connectivity index (χ2n) is 25.8. The normalized spacial score (nSPS) is 26.9. The molecule has 0 aromatic rings. The molecular formula is C62H111N11O12. The quantitative estimate of drug-likeness (QED) is 0.148. The molecule has 1 aliphatic rings. The van der Waals surface area contributed by atoms with Crippen LogP contribution in [0.15, 0.2) is 12.2 Å². The van der Waals surface area contributed by atoms with E-state index >= 15 is 14.4 Å². The summed E-state index contributed by atoms with van der Waals surface area (Å²) in [7, 11) is 8.46. The highest BCUT2D eigenvalue weighted by atomic mass is 16.3. The SMILES string of the molecule is C/C=C/C[C@@H](C)[C@@H](O)[C@H]1C(=O)N[C@@H](CC)C(=O)N(C)CC(=O)N(C)[C@@H](CC(C)C)C(=O)N[C@@H](C(C)C)C(=O)N(C)[C@@H](CC(C)C)C(=O)N[C@@H](C)C(=O)N[C@H](C)C(=O)N(C)[C@@H](CC(C)C)C(=O)N(CC)[C@@H](C(C)C)C(=O)N(C)[C@@H](C(C)C)C(=O)N1C. The van der Waals surface area contributed by atoms with Crippen molar-refractivity contribution in [2.75, 3.05) is 55.4 Å². The number of aliphatic hydroxyl groups excluding tert-OH is 1. The van der Waals surface area contributed by atoms with E-state index in [1.165, 1.54) is 80.6 Å². The third-order valence-corrected chi connectivity index (χ3v) is 16.1. The molecule has 486 valence electrons. The number of aliphatic hydroxyl groups is 1. The van der Waals surface area contributed by atoms with Gasteiger partial charge in [0.25, 0.3) is 0 Å². The molecule has 23 nitrogen and oxygen atoms in total. The Morgan fingerprint density at radius 1 is 0.482 bits per heavy atom. The van der Waals surface area contributed by atoms with Crippen LogP contribution in [0.25, 0.3) is 0 Å². The van der Waals surface area contributed by atoms with Crippen molar-refractivity contribution >= 4 is 65.0 Å². The summed E-state index contributed by atoms with van der Waals surface area (Å²) < 4.78 is 0. The average molecular weight is 1200 g/mol. The zero-order valence-corrected chi connectivity index (χ0v) is 56.1. The molecule has 0 radical (unpaired) electrons. The van der Waals surface area contributed by atoms with Gasteiger partial charge in [-0.05, 0) is 101 Å². The fourth-order valence-corrected chi connectivity index (χ4v) is 10.9. The minimum Gasteiger partial charge on any atom is -0.390 e. The maximum absolute atomic E-state index is 15.2. The van der Waals surface area contributed by atoms with Gasteiger partial charge in [-0.15, -0.1) is 0 Å². The summed E-state index contributed by atoms with van der Waals surface area (Å²) in [5, 5.41) is 23.1. The minimum atomic E-state index is -1.61. The van der Waals surface area contributed by atoms with Crippen LogP contribution in [0.4, 0.5) is 0 Å². The Morgan fingerprint density at radius 3 is 1.39 bits per heavy atom. The van der Waals surface area contributed by atoms with Gasteiger partial charge in [-0.2, -0.15) is 0 Å². The maximum atomic E-state index is 15.2. The summed E-state index contributed by atoms with van der Waals surface area (Å²) in [6, 6.07) is -12.3. The van der Waals surface area contributed by atoms with Crippen LogP contribution in [0.5, 0.6) is 0 Å². The van der Waals surface area contributed by atoms with Crippen molar-refractivity contribution in [3.05, 3.63) is 12.2 Å². The summed E-state index contributed by atoms with van der Waals surface area (Å²) >= 11 is 0. The molecule has 0 spiro atoms. The fourth-order valence-electron chi connectivity index (χ4n) is 10.9. The monoisotopic (exact) mass is 1200 g/mol. The Hall–Kier alpha value is -6.13. The minimum absolute atomic E-state index is 0.0154. The second kappa shape index (κ2) is 34.9. The molecule has 1 rings (SSSR count). The van der Waals surface area contributed by atoms with Crippen LogP contribution in [0.2, 0.25) is 0 Å².